The lowest BCUT2D eigenvalue weighted by Gasteiger charge is -2.18. The molecule has 0 bridgehead atoms. The van der Waals surface area contributed by atoms with Gasteiger partial charge < -0.3 is 15.4 Å². The molecule has 1 aliphatic rings. The third kappa shape index (κ3) is 5.65. The van der Waals surface area contributed by atoms with E-state index in [4.69, 9.17) is 4.74 Å². The van der Waals surface area contributed by atoms with Crippen molar-refractivity contribution in [3.05, 3.63) is 48.0 Å². The lowest BCUT2D eigenvalue weighted by Crippen LogP contribution is -2.27. The summed E-state index contributed by atoms with van der Waals surface area (Å²) in [5.41, 5.74) is 1.25. The summed E-state index contributed by atoms with van der Waals surface area (Å²) in [7, 11) is -3.75. The fourth-order valence-electron chi connectivity index (χ4n) is 2.93. The maximum absolute atomic E-state index is 12.8. The van der Waals surface area contributed by atoms with Gasteiger partial charge in [0.25, 0.3) is 0 Å². The molecule has 10 heteroatoms. The van der Waals surface area contributed by atoms with Crippen molar-refractivity contribution in [1.29, 1.82) is 0 Å². The Hall–Kier alpha value is -2.85. The predicted octanol–water partition coefficient (Wildman–Crippen LogP) is 2.96. The highest BCUT2D eigenvalue weighted by Gasteiger charge is 2.25. The maximum atomic E-state index is 12.8. The second-order valence-corrected chi connectivity index (χ2v) is 10.0. The number of carbonyl (C=O) groups is 3. The molecule has 3 rings (SSSR count). The van der Waals surface area contributed by atoms with Crippen LogP contribution in [0.4, 0.5) is 11.4 Å². The first kappa shape index (κ1) is 22.8. The molecular formula is C21H22N2O6S2. The van der Waals surface area contributed by atoms with Gasteiger partial charge in [0.1, 0.15) is 0 Å². The van der Waals surface area contributed by atoms with Gasteiger partial charge in [-0.15, -0.1) is 11.8 Å². The van der Waals surface area contributed by atoms with E-state index in [1.54, 1.807) is 25.1 Å². The van der Waals surface area contributed by atoms with Crippen molar-refractivity contribution in [1.82, 2.24) is 0 Å². The zero-order chi connectivity index (χ0) is 22.6. The minimum atomic E-state index is -3.75. The molecule has 0 aliphatic carbocycles. The number of benzene rings is 2. The monoisotopic (exact) mass is 462 g/mol. The van der Waals surface area contributed by atoms with Crippen molar-refractivity contribution in [2.24, 2.45) is 5.92 Å². The van der Waals surface area contributed by atoms with Gasteiger partial charge in [-0.25, -0.2) is 13.2 Å². The van der Waals surface area contributed by atoms with Crippen LogP contribution in [0, 0.1) is 5.92 Å². The molecule has 0 radical (unpaired) electrons. The number of carbonyl (C=O) groups excluding carboxylic acids is 3. The second-order valence-electron chi connectivity index (χ2n) is 6.96. The molecule has 0 saturated carbocycles. The van der Waals surface area contributed by atoms with Crippen molar-refractivity contribution in [2.75, 3.05) is 28.7 Å². The summed E-state index contributed by atoms with van der Waals surface area (Å²) >= 11 is 1.34. The van der Waals surface area contributed by atoms with Crippen molar-refractivity contribution in [3.8, 4) is 0 Å². The molecule has 8 nitrogen and oxygen atoms in total. The van der Waals surface area contributed by atoms with Gasteiger partial charge in [0.2, 0.25) is 11.8 Å². The van der Waals surface area contributed by atoms with Crippen LogP contribution in [0.5, 0.6) is 0 Å². The normalized spacial score (nSPS) is 14.2. The SMILES string of the molecule is CCOC(=O)c1ccc(NC(=O)[C@@H](C)CS(=O)(=O)c2ccc3c(c2)NC(=O)CS3)cc1. The van der Waals surface area contributed by atoms with Gasteiger partial charge in [-0.1, -0.05) is 6.92 Å². The summed E-state index contributed by atoms with van der Waals surface area (Å²) < 4.78 is 30.5. The molecule has 2 amide bonds. The minimum absolute atomic E-state index is 0.0486. The van der Waals surface area contributed by atoms with E-state index in [1.165, 1.54) is 43.0 Å². The number of ether oxygens (including phenoxy) is 1. The van der Waals surface area contributed by atoms with Crippen LogP contribution in [0.25, 0.3) is 0 Å². The van der Waals surface area contributed by atoms with E-state index in [0.29, 0.717) is 16.9 Å². The second kappa shape index (κ2) is 9.52. The molecule has 2 aromatic carbocycles. The van der Waals surface area contributed by atoms with E-state index in [1.807, 2.05) is 0 Å². The van der Waals surface area contributed by atoms with Gasteiger partial charge in [-0.3, -0.25) is 9.59 Å². The molecule has 1 atom stereocenters. The molecular weight excluding hydrogens is 440 g/mol. The Labute approximate surface area is 184 Å². The van der Waals surface area contributed by atoms with Gasteiger partial charge >= 0.3 is 5.97 Å². The molecule has 1 heterocycles. The predicted molar refractivity (Wildman–Crippen MR) is 118 cm³/mol. The number of sulfone groups is 1. The Balaban J connectivity index is 1.65. The van der Waals surface area contributed by atoms with Gasteiger partial charge in [0.15, 0.2) is 9.84 Å². The highest BCUT2D eigenvalue weighted by Crippen LogP contribution is 2.33. The van der Waals surface area contributed by atoms with Gasteiger partial charge in [-0.2, -0.15) is 0 Å². The van der Waals surface area contributed by atoms with Crippen LogP contribution in [-0.2, 0) is 24.2 Å². The van der Waals surface area contributed by atoms with Crippen LogP contribution < -0.4 is 10.6 Å². The number of nitrogens with one attached hydrogen (secondary N) is 2. The summed E-state index contributed by atoms with van der Waals surface area (Å²) in [5, 5.41) is 5.32. The molecule has 164 valence electrons. The van der Waals surface area contributed by atoms with E-state index >= 15 is 0 Å². The number of fused-ring (bicyclic) bond motifs is 1. The smallest absolute Gasteiger partial charge is 0.338 e. The van der Waals surface area contributed by atoms with Gasteiger partial charge in [0, 0.05) is 16.5 Å². The first-order valence-electron chi connectivity index (χ1n) is 9.57. The molecule has 0 unspecified atom stereocenters. The number of amides is 2. The van der Waals surface area contributed by atoms with E-state index in [9.17, 15) is 22.8 Å². The maximum Gasteiger partial charge on any atom is 0.338 e. The third-order valence-corrected chi connectivity index (χ3v) is 7.51. The number of thioether (sulfide) groups is 1. The number of hydrogen-bond acceptors (Lipinski definition) is 7. The summed E-state index contributed by atoms with van der Waals surface area (Å²) in [4.78, 5) is 36.6. The minimum Gasteiger partial charge on any atom is -0.462 e. The van der Waals surface area contributed by atoms with E-state index < -0.39 is 27.6 Å². The van der Waals surface area contributed by atoms with Crippen molar-refractivity contribution in [2.45, 2.75) is 23.6 Å². The fourth-order valence-corrected chi connectivity index (χ4v) is 5.29. The Morgan fingerprint density at radius 3 is 2.58 bits per heavy atom. The first-order valence-corrected chi connectivity index (χ1v) is 12.2. The Morgan fingerprint density at radius 2 is 1.90 bits per heavy atom. The fraction of sp³-hybridized carbons (Fsp3) is 0.286. The lowest BCUT2D eigenvalue weighted by molar-refractivity contribution is -0.118. The zero-order valence-corrected chi connectivity index (χ0v) is 18.6. The largest absolute Gasteiger partial charge is 0.462 e. The molecule has 1 aliphatic heterocycles. The van der Waals surface area contributed by atoms with Crippen molar-refractivity contribution < 1.29 is 27.5 Å². The highest BCUT2D eigenvalue weighted by molar-refractivity contribution is 8.00. The zero-order valence-electron chi connectivity index (χ0n) is 17.0. The average Bonchev–Trinajstić information content (AvgIpc) is 2.73. The van der Waals surface area contributed by atoms with Crippen LogP contribution in [0.1, 0.15) is 24.2 Å². The van der Waals surface area contributed by atoms with Gasteiger partial charge in [-0.05, 0) is 49.4 Å². The number of anilines is 2. The van der Waals surface area contributed by atoms with Crippen LogP contribution in [0.3, 0.4) is 0 Å². The topological polar surface area (TPSA) is 119 Å². The Bertz CT molecular complexity index is 1110. The molecule has 0 saturated heterocycles. The quantitative estimate of drug-likeness (QED) is 0.607. The standard InChI is InChI=1S/C21H22N2O6S2/c1-3-29-21(26)14-4-6-15(7-5-14)22-20(25)13(2)12-31(27,28)16-8-9-18-17(10-16)23-19(24)11-30-18/h4-10,13H,3,11-12H2,1-2H3,(H,22,25)(H,23,24)/t13-/m0/s1. The van der Waals surface area contributed by atoms with Gasteiger partial charge in [0.05, 0.1) is 34.3 Å². The summed E-state index contributed by atoms with van der Waals surface area (Å²) in [6, 6.07) is 10.7. The number of hydrogen-bond donors (Lipinski definition) is 2. The molecule has 0 fully saturated rings. The van der Waals surface area contributed by atoms with E-state index in [2.05, 4.69) is 10.6 Å². The van der Waals surface area contributed by atoms with E-state index in [-0.39, 0.29) is 28.9 Å². The van der Waals surface area contributed by atoms with E-state index in [0.717, 1.165) is 4.90 Å². The van der Waals surface area contributed by atoms with Crippen molar-refractivity contribution in [3.63, 3.8) is 0 Å². The summed E-state index contributed by atoms with van der Waals surface area (Å²) in [5.74, 6) is -2.03. The average molecular weight is 463 g/mol. The molecule has 2 N–H and O–H groups in total. The molecule has 0 spiro atoms. The Morgan fingerprint density at radius 1 is 1.19 bits per heavy atom. The Kier molecular flexibility index (Phi) is 7.01. The number of rotatable bonds is 7. The van der Waals surface area contributed by atoms with Crippen LogP contribution in [0.15, 0.2) is 52.3 Å². The molecule has 2 aromatic rings. The van der Waals surface area contributed by atoms with Crippen molar-refractivity contribution >= 4 is 50.8 Å². The summed E-state index contributed by atoms with van der Waals surface area (Å²) in [6.45, 7) is 3.50. The van der Waals surface area contributed by atoms with Crippen LogP contribution in [-0.4, -0.2) is 44.3 Å². The molecule has 31 heavy (non-hydrogen) atoms. The first-order chi connectivity index (χ1) is 14.7. The third-order valence-electron chi connectivity index (χ3n) is 4.52. The highest BCUT2D eigenvalue weighted by atomic mass is 32.2. The van der Waals surface area contributed by atoms with Crippen LogP contribution >= 0.6 is 11.8 Å². The number of esters is 1. The van der Waals surface area contributed by atoms with Crippen LogP contribution in [0.2, 0.25) is 0 Å². The lowest BCUT2D eigenvalue weighted by atomic mass is 10.1. The summed E-state index contributed by atoms with van der Waals surface area (Å²) in [6.07, 6.45) is 0. The molecule has 0 aromatic heterocycles.